The molecule has 1 heterocycles. The topological polar surface area (TPSA) is 84.9 Å². The molecule has 2 aromatic carbocycles. The first-order valence-electron chi connectivity index (χ1n) is 14.8. The maximum absolute atomic E-state index is 13.1. The smallest absolute Gasteiger partial charge is 0.416 e. The van der Waals surface area contributed by atoms with Crippen molar-refractivity contribution >= 4 is 23.9 Å². The van der Waals surface area contributed by atoms with Crippen LogP contribution in [0.25, 0.3) is 6.08 Å². The Kier molecular flexibility index (Phi) is 8.96. The zero-order valence-electron chi connectivity index (χ0n) is 24.4. The second-order valence-corrected chi connectivity index (χ2v) is 12.1. The van der Waals surface area contributed by atoms with E-state index in [0.717, 1.165) is 43.8 Å². The van der Waals surface area contributed by atoms with Crippen molar-refractivity contribution in [3.8, 4) is 5.75 Å². The van der Waals surface area contributed by atoms with Gasteiger partial charge in [-0.1, -0.05) is 24.3 Å². The highest BCUT2D eigenvalue weighted by Crippen LogP contribution is 2.51. The highest BCUT2D eigenvalue weighted by molar-refractivity contribution is 5.92. The minimum Gasteiger partial charge on any atom is -0.462 e. The van der Waals surface area contributed by atoms with Crippen LogP contribution in [-0.4, -0.2) is 54.5 Å². The first-order valence-corrected chi connectivity index (χ1v) is 14.8. The average Bonchev–Trinajstić information content (AvgIpc) is 3.75. The summed E-state index contributed by atoms with van der Waals surface area (Å²) in [4.78, 5) is 39.5. The number of rotatable bonds is 8. The number of amides is 1. The Morgan fingerprint density at radius 3 is 2.53 bits per heavy atom. The lowest BCUT2D eigenvalue weighted by Crippen LogP contribution is -2.61. The van der Waals surface area contributed by atoms with Gasteiger partial charge in [-0.15, -0.1) is 0 Å². The molecule has 5 rings (SSSR count). The minimum absolute atomic E-state index is 0.0507. The number of benzene rings is 2. The van der Waals surface area contributed by atoms with Crippen LogP contribution in [0.2, 0.25) is 0 Å². The molecule has 1 aliphatic heterocycles. The van der Waals surface area contributed by atoms with Gasteiger partial charge in [0.05, 0.1) is 5.56 Å². The largest absolute Gasteiger partial charge is 0.462 e. The monoisotopic (exact) mass is 598 g/mol. The molecule has 7 nitrogen and oxygen atoms in total. The molecule has 230 valence electrons. The molecule has 2 aromatic rings. The van der Waals surface area contributed by atoms with E-state index >= 15 is 0 Å². The molecular formula is C33H37F3N2O5. The average molecular weight is 599 g/mol. The summed E-state index contributed by atoms with van der Waals surface area (Å²) in [7, 11) is 0. The molecule has 0 bridgehead atoms. The molecule has 2 aliphatic carbocycles. The zero-order chi connectivity index (χ0) is 30.8. The fraction of sp³-hybridized carbons (Fsp3) is 0.485. The van der Waals surface area contributed by atoms with Crippen molar-refractivity contribution in [2.24, 2.45) is 11.8 Å². The molecule has 1 N–H and O–H groups in total. The fourth-order valence-electron chi connectivity index (χ4n) is 6.82. The molecule has 4 atom stereocenters. The van der Waals surface area contributed by atoms with Crippen LogP contribution in [-0.2, 0) is 30.7 Å². The molecule has 43 heavy (non-hydrogen) atoms. The number of alkyl halides is 3. The van der Waals surface area contributed by atoms with Crippen molar-refractivity contribution < 1.29 is 37.0 Å². The Hall–Kier alpha value is -3.66. The number of carbonyl (C=O) groups is 3. The highest BCUT2D eigenvalue weighted by Gasteiger charge is 2.54. The number of piperidine rings is 1. The van der Waals surface area contributed by atoms with Crippen LogP contribution < -0.4 is 10.1 Å². The molecule has 1 amide bonds. The van der Waals surface area contributed by atoms with Crippen molar-refractivity contribution in [3.05, 3.63) is 71.3 Å². The number of nitrogens with zero attached hydrogens (tertiary/aromatic N) is 1. The number of nitrogens with one attached hydrogen (secondary N) is 1. The molecule has 2 saturated carbocycles. The molecule has 3 fully saturated rings. The predicted molar refractivity (Wildman–Crippen MR) is 154 cm³/mol. The molecule has 0 spiro atoms. The van der Waals surface area contributed by atoms with Gasteiger partial charge >= 0.3 is 18.1 Å². The molecule has 3 aliphatic rings. The third-order valence-corrected chi connectivity index (χ3v) is 8.80. The van der Waals surface area contributed by atoms with E-state index in [9.17, 15) is 27.6 Å². The molecule has 10 heteroatoms. The standard InChI is InChI=1S/C33H37F3N2O5/c1-21(39)42-28-8-4-6-25(16-28)32-13-14-38(19-24-9-10-24)20-29(32)30(43-22(2)40)17-27(18-32)37-31(41)12-11-23-5-3-7-26(15-23)33(34,35)36/h3-8,11-12,15-16,24,27,29-30H,9-10,13-14,17-20H2,1-2H3,(H,37,41)/b12-11+. The second kappa shape index (κ2) is 12.5. The van der Waals surface area contributed by atoms with Crippen LogP contribution in [0, 0.1) is 11.8 Å². The van der Waals surface area contributed by atoms with E-state index in [1.807, 2.05) is 18.2 Å². The third-order valence-electron chi connectivity index (χ3n) is 8.80. The Bertz CT molecular complexity index is 1390. The van der Waals surface area contributed by atoms with E-state index in [4.69, 9.17) is 9.47 Å². The first-order chi connectivity index (χ1) is 20.4. The summed E-state index contributed by atoms with van der Waals surface area (Å²) in [6.07, 6.45) is 1.84. The van der Waals surface area contributed by atoms with Crippen LogP contribution in [0.3, 0.4) is 0 Å². The van der Waals surface area contributed by atoms with Gasteiger partial charge in [-0.25, -0.2) is 0 Å². The lowest BCUT2D eigenvalue weighted by Gasteiger charge is -2.55. The molecule has 0 aromatic heterocycles. The van der Waals surface area contributed by atoms with Crippen LogP contribution >= 0.6 is 0 Å². The van der Waals surface area contributed by atoms with Crippen LogP contribution in [0.15, 0.2) is 54.6 Å². The Balaban J connectivity index is 1.42. The number of halogens is 3. The van der Waals surface area contributed by atoms with E-state index in [2.05, 4.69) is 10.2 Å². The number of fused-ring (bicyclic) bond motifs is 1. The van der Waals surface area contributed by atoms with Crippen molar-refractivity contribution in [3.63, 3.8) is 0 Å². The lowest BCUT2D eigenvalue weighted by molar-refractivity contribution is -0.157. The van der Waals surface area contributed by atoms with E-state index in [1.54, 1.807) is 6.07 Å². The molecule has 0 radical (unpaired) electrons. The van der Waals surface area contributed by atoms with Crippen molar-refractivity contribution in [2.75, 3.05) is 19.6 Å². The van der Waals surface area contributed by atoms with E-state index in [0.29, 0.717) is 24.5 Å². The van der Waals surface area contributed by atoms with Crippen molar-refractivity contribution in [2.45, 2.75) is 69.7 Å². The van der Waals surface area contributed by atoms with Crippen LogP contribution in [0.4, 0.5) is 13.2 Å². The number of ether oxygens (including phenoxy) is 2. The van der Waals surface area contributed by atoms with Crippen molar-refractivity contribution in [1.82, 2.24) is 10.2 Å². The summed E-state index contributed by atoms with van der Waals surface area (Å²) in [6, 6.07) is 11.8. The summed E-state index contributed by atoms with van der Waals surface area (Å²) in [6.45, 7) is 5.32. The first kappa shape index (κ1) is 30.8. The van der Waals surface area contributed by atoms with Gasteiger partial charge in [-0.2, -0.15) is 13.2 Å². The normalized spacial score (nSPS) is 26.0. The van der Waals surface area contributed by atoms with E-state index < -0.39 is 41.1 Å². The summed E-state index contributed by atoms with van der Waals surface area (Å²) in [5, 5.41) is 3.03. The summed E-state index contributed by atoms with van der Waals surface area (Å²) in [5.41, 5.74) is -0.0492. The van der Waals surface area contributed by atoms with Crippen LogP contribution in [0.1, 0.15) is 62.6 Å². The van der Waals surface area contributed by atoms with E-state index in [1.165, 1.54) is 51.0 Å². The fourth-order valence-corrected chi connectivity index (χ4v) is 6.82. The number of hydrogen-bond donors (Lipinski definition) is 1. The number of hydrogen-bond acceptors (Lipinski definition) is 6. The van der Waals surface area contributed by atoms with Gasteiger partial charge in [-0.3, -0.25) is 14.4 Å². The summed E-state index contributed by atoms with van der Waals surface area (Å²) >= 11 is 0. The van der Waals surface area contributed by atoms with Crippen LogP contribution in [0.5, 0.6) is 5.75 Å². The lowest BCUT2D eigenvalue weighted by atomic mass is 9.57. The van der Waals surface area contributed by atoms with Gasteiger partial charge in [0.15, 0.2) is 0 Å². The highest BCUT2D eigenvalue weighted by atomic mass is 19.4. The predicted octanol–water partition coefficient (Wildman–Crippen LogP) is 5.52. The maximum atomic E-state index is 13.1. The van der Waals surface area contributed by atoms with Gasteiger partial charge in [0, 0.05) is 56.8 Å². The second-order valence-electron chi connectivity index (χ2n) is 12.1. The SMILES string of the molecule is CC(=O)Oc1cccc(C23CCN(CC4CC4)CC2C(OC(C)=O)CC(NC(=O)/C=C/c2cccc(C(F)(F)F)c2)C3)c1. The Morgan fingerprint density at radius 2 is 1.84 bits per heavy atom. The molecule has 1 saturated heterocycles. The quantitative estimate of drug-likeness (QED) is 0.245. The van der Waals surface area contributed by atoms with Gasteiger partial charge in [-0.05, 0) is 79.6 Å². The number of esters is 2. The van der Waals surface area contributed by atoms with Crippen molar-refractivity contribution in [1.29, 1.82) is 0 Å². The Labute approximate surface area is 249 Å². The number of likely N-dealkylation sites (tertiary alicyclic amines) is 1. The summed E-state index contributed by atoms with van der Waals surface area (Å²) < 4.78 is 50.7. The van der Waals surface area contributed by atoms with E-state index in [-0.39, 0.29) is 17.5 Å². The molecular weight excluding hydrogens is 561 g/mol. The van der Waals surface area contributed by atoms with Gasteiger partial charge < -0.3 is 19.7 Å². The number of carbonyl (C=O) groups excluding carboxylic acids is 3. The third kappa shape index (κ3) is 7.65. The Morgan fingerprint density at radius 1 is 1.07 bits per heavy atom. The maximum Gasteiger partial charge on any atom is 0.416 e. The van der Waals surface area contributed by atoms with Gasteiger partial charge in [0.25, 0.3) is 0 Å². The van der Waals surface area contributed by atoms with Gasteiger partial charge in [0.2, 0.25) is 5.91 Å². The van der Waals surface area contributed by atoms with Gasteiger partial charge in [0.1, 0.15) is 11.9 Å². The zero-order valence-corrected chi connectivity index (χ0v) is 24.4. The minimum atomic E-state index is -4.48. The summed E-state index contributed by atoms with van der Waals surface area (Å²) in [5.74, 6) is -0.195. The molecule has 4 unspecified atom stereocenters.